The number of nitrogens with zero attached hydrogens (tertiary/aromatic N) is 2. The van der Waals surface area contributed by atoms with Crippen LogP contribution in [0.25, 0.3) is 10.9 Å². The van der Waals surface area contributed by atoms with E-state index >= 15 is 0 Å². The fraction of sp³-hybridized carbons (Fsp3) is 0.448. The Balaban J connectivity index is 1.49. The number of hydrogen-bond acceptors (Lipinski definition) is 3. The van der Waals surface area contributed by atoms with Crippen LogP contribution in [0.1, 0.15) is 68.9 Å². The summed E-state index contributed by atoms with van der Waals surface area (Å²) in [5, 5.41) is 4.32. The molecule has 2 heterocycles. The van der Waals surface area contributed by atoms with Crippen molar-refractivity contribution in [2.24, 2.45) is 0 Å². The normalized spacial score (nSPS) is 20.8. The van der Waals surface area contributed by atoms with Gasteiger partial charge in [0.25, 0.3) is 5.91 Å². The number of aromatic nitrogens is 1. The van der Waals surface area contributed by atoms with Crippen molar-refractivity contribution >= 4 is 22.7 Å². The Bertz CT molecular complexity index is 1220. The smallest absolute Gasteiger partial charge is 0.271 e. The van der Waals surface area contributed by atoms with E-state index in [1.54, 1.807) is 4.90 Å². The molecule has 35 heavy (non-hydrogen) atoms. The number of hydrogen-bond donors (Lipinski definition) is 1. The summed E-state index contributed by atoms with van der Waals surface area (Å²) in [5.41, 5.74) is 1.59. The van der Waals surface area contributed by atoms with E-state index in [1.807, 2.05) is 79.9 Å². The SMILES string of the molecule is CC(C)Oc1ccc(CN2C(=O)c3cc4ccccc4n3CC2(C)C(=O)NC2CCCCC2)cc1. The molecule has 6 nitrogen and oxygen atoms in total. The predicted molar refractivity (Wildman–Crippen MR) is 137 cm³/mol. The zero-order chi connectivity index (χ0) is 24.6. The van der Waals surface area contributed by atoms with Gasteiger partial charge in [-0.1, -0.05) is 49.6 Å². The Hall–Kier alpha value is -3.28. The average Bonchev–Trinajstić information content (AvgIpc) is 3.21. The molecule has 184 valence electrons. The molecular weight excluding hydrogens is 438 g/mol. The van der Waals surface area contributed by atoms with Gasteiger partial charge in [0, 0.05) is 23.5 Å². The van der Waals surface area contributed by atoms with E-state index in [0.29, 0.717) is 18.8 Å². The molecule has 5 rings (SSSR count). The van der Waals surface area contributed by atoms with Crippen molar-refractivity contribution in [2.45, 2.75) is 83.6 Å². The number of ether oxygens (including phenoxy) is 1. The van der Waals surface area contributed by atoms with Crippen molar-refractivity contribution < 1.29 is 14.3 Å². The number of carbonyl (C=O) groups excluding carboxylic acids is 2. The number of rotatable bonds is 6. The molecule has 2 aromatic carbocycles. The van der Waals surface area contributed by atoms with Crippen molar-refractivity contribution in [1.29, 1.82) is 0 Å². The van der Waals surface area contributed by atoms with Crippen molar-refractivity contribution in [3.05, 3.63) is 65.9 Å². The maximum Gasteiger partial charge on any atom is 0.271 e. The van der Waals surface area contributed by atoms with Gasteiger partial charge in [0.2, 0.25) is 5.91 Å². The topological polar surface area (TPSA) is 63.6 Å². The van der Waals surface area contributed by atoms with Crippen LogP contribution >= 0.6 is 0 Å². The summed E-state index contributed by atoms with van der Waals surface area (Å²) in [6.07, 6.45) is 5.61. The first-order valence-electron chi connectivity index (χ1n) is 12.8. The molecule has 1 N–H and O–H groups in total. The van der Waals surface area contributed by atoms with Crippen molar-refractivity contribution in [3.63, 3.8) is 0 Å². The molecule has 1 unspecified atom stereocenters. The van der Waals surface area contributed by atoms with Gasteiger partial charge in [0.05, 0.1) is 12.6 Å². The lowest BCUT2D eigenvalue weighted by Gasteiger charge is -2.45. The van der Waals surface area contributed by atoms with Crippen LogP contribution in [0.4, 0.5) is 0 Å². The van der Waals surface area contributed by atoms with Gasteiger partial charge in [-0.25, -0.2) is 0 Å². The van der Waals surface area contributed by atoms with Crippen LogP contribution in [0.15, 0.2) is 54.6 Å². The van der Waals surface area contributed by atoms with E-state index in [2.05, 4.69) is 5.32 Å². The third kappa shape index (κ3) is 4.54. The predicted octanol–water partition coefficient (Wildman–Crippen LogP) is 5.29. The van der Waals surface area contributed by atoms with Gasteiger partial charge in [-0.3, -0.25) is 9.59 Å². The minimum absolute atomic E-state index is 0.0686. The first-order chi connectivity index (χ1) is 16.8. The molecule has 1 atom stereocenters. The summed E-state index contributed by atoms with van der Waals surface area (Å²) in [6.45, 7) is 6.69. The summed E-state index contributed by atoms with van der Waals surface area (Å²) in [7, 11) is 0. The molecule has 2 amide bonds. The number of amides is 2. The molecule has 0 bridgehead atoms. The van der Waals surface area contributed by atoms with E-state index in [1.165, 1.54) is 6.42 Å². The highest BCUT2D eigenvalue weighted by Gasteiger charge is 2.48. The molecule has 1 aromatic heterocycles. The number of benzene rings is 2. The van der Waals surface area contributed by atoms with Crippen LogP contribution in [0, 0.1) is 0 Å². The molecule has 1 aliphatic carbocycles. The third-order valence-corrected chi connectivity index (χ3v) is 7.40. The quantitative estimate of drug-likeness (QED) is 0.529. The molecule has 3 aromatic rings. The zero-order valence-corrected chi connectivity index (χ0v) is 20.9. The van der Waals surface area contributed by atoms with Gasteiger partial charge in [-0.2, -0.15) is 0 Å². The first-order valence-corrected chi connectivity index (χ1v) is 12.8. The summed E-state index contributed by atoms with van der Waals surface area (Å²) in [6, 6.07) is 18.0. The van der Waals surface area contributed by atoms with Crippen molar-refractivity contribution in [3.8, 4) is 5.75 Å². The van der Waals surface area contributed by atoms with E-state index in [4.69, 9.17) is 4.74 Å². The first kappa shape index (κ1) is 23.5. The Labute approximate surface area is 207 Å². The molecule has 6 heteroatoms. The molecule has 1 saturated carbocycles. The second kappa shape index (κ2) is 9.40. The maximum absolute atomic E-state index is 13.9. The van der Waals surface area contributed by atoms with E-state index in [-0.39, 0.29) is 24.0 Å². The standard InChI is InChI=1S/C29H35N3O3/c1-20(2)35-24-15-13-21(14-16-24)18-32-27(33)26-17-22-9-7-8-12-25(22)31(26)19-29(32,3)28(34)30-23-10-5-4-6-11-23/h7-9,12-17,20,23H,4-6,10-11,18-19H2,1-3H3,(H,30,34). The molecular formula is C29H35N3O3. The van der Waals surface area contributed by atoms with Gasteiger partial charge in [0.15, 0.2) is 0 Å². The second-order valence-electron chi connectivity index (χ2n) is 10.5. The van der Waals surface area contributed by atoms with Crippen molar-refractivity contribution in [2.75, 3.05) is 0 Å². The molecule has 1 fully saturated rings. The Morgan fingerprint density at radius 2 is 1.80 bits per heavy atom. The minimum Gasteiger partial charge on any atom is -0.491 e. The van der Waals surface area contributed by atoms with Gasteiger partial charge < -0.3 is 19.5 Å². The highest BCUT2D eigenvalue weighted by atomic mass is 16.5. The summed E-state index contributed by atoms with van der Waals surface area (Å²) in [5.74, 6) is 0.615. The van der Waals surface area contributed by atoms with Crippen LogP contribution in [0.3, 0.4) is 0 Å². The van der Waals surface area contributed by atoms with E-state index in [0.717, 1.165) is 47.9 Å². The maximum atomic E-state index is 13.9. The minimum atomic E-state index is -1.00. The van der Waals surface area contributed by atoms with Gasteiger partial charge in [0.1, 0.15) is 17.0 Å². The van der Waals surface area contributed by atoms with Crippen LogP contribution < -0.4 is 10.1 Å². The Morgan fingerprint density at radius 1 is 1.09 bits per heavy atom. The summed E-state index contributed by atoms with van der Waals surface area (Å²) in [4.78, 5) is 29.5. The lowest BCUT2D eigenvalue weighted by atomic mass is 9.91. The zero-order valence-electron chi connectivity index (χ0n) is 20.9. The van der Waals surface area contributed by atoms with E-state index in [9.17, 15) is 9.59 Å². The van der Waals surface area contributed by atoms with Crippen LogP contribution in [0.5, 0.6) is 5.75 Å². The van der Waals surface area contributed by atoms with Gasteiger partial charge in [-0.05, 0) is 63.4 Å². The molecule has 2 aliphatic rings. The van der Waals surface area contributed by atoms with Gasteiger partial charge in [-0.15, -0.1) is 0 Å². The summed E-state index contributed by atoms with van der Waals surface area (Å²) < 4.78 is 7.80. The highest BCUT2D eigenvalue weighted by Crippen LogP contribution is 2.34. The van der Waals surface area contributed by atoms with Crippen LogP contribution in [-0.4, -0.2) is 39.0 Å². The summed E-state index contributed by atoms with van der Waals surface area (Å²) >= 11 is 0. The number of para-hydroxylation sites is 1. The van der Waals surface area contributed by atoms with E-state index < -0.39 is 5.54 Å². The third-order valence-electron chi connectivity index (χ3n) is 7.40. The highest BCUT2D eigenvalue weighted by molar-refractivity contribution is 6.03. The fourth-order valence-electron chi connectivity index (χ4n) is 5.47. The largest absolute Gasteiger partial charge is 0.491 e. The van der Waals surface area contributed by atoms with Crippen molar-refractivity contribution in [1.82, 2.24) is 14.8 Å². The van der Waals surface area contributed by atoms with Crippen LogP contribution in [0.2, 0.25) is 0 Å². The van der Waals surface area contributed by atoms with Gasteiger partial charge >= 0.3 is 0 Å². The lowest BCUT2D eigenvalue weighted by Crippen LogP contribution is -2.64. The lowest BCUT2D eigenvalue weighted by molar-refractivity contribution is -0.134. The van der Waals surface area contributed by atoms with Crippen LogP contribution in [-0.2, 0) is 17.9 Å². The molecule has 0 radical (unpaired) electrons. The Kier molecular flexibility index (Phi) is 6.30. The molecule has 0 saturated heterocycles. The fourth-order valence-corrected chi connectivity index (χ4v) is 5.47. The number of nitrogens with one attached hydrogen (secondary N) is 1. The number of fused-ring (bicyclic) bond motifs is 3. The second-order valence-corrected chi connectivity index (χ2v) is 10.5. The number of carbonyl (C=O) groups is 2. The molecule has 1 aliphatic heterocycles. The monoisotopic (exact) mass is 473 g/mol. The molecule has 0 spiro atoms. The Morgan fingerprint density at radius 3 is 2.51 bits per heavy atom. The average molecular weight is 474 g/mol.